The third-order valence-corrected chi connectivity index (χ3v) is 4.94. The van der Waals surface area contributed by atoms with Crippen LogP contribution in [0.25, 0.3) is 0 Å². The number of ether oxygens (including phenoxy) is 1. The van der Waals surface area contributed by atoms with Crippen molar-refractivity contribution in [2.75, 3.05) is 11.4 Å². The molecule has 3 atom stereocenters. The predicted octanol–water partition coefficient (Wildman–Crippen LogP) is 0.885. The van der Waals surface area contributed by atoms with E-state index in [0.717, 1.165) is 4.90 Å². The van der Waals surface area contributed by atoms with E-state index in [-0.39, 0.29) is 18.9 Å². The van der Waals surface area contributed by atoms with Gasteiger partial charge in [0.05, 0.1) is 12.6 Å². The molecule has 2 amide bonds. The van der Waals surface area contributed by atoms with Crippen LogP contribution in [0, 0.1) is 5.92 Å². The highest BCUT2D eigenvalue weighted by molar-refractivity contribution is 6.05. The molecule has 2 heterocycles. The van der Waals surface area contributed by atoms with Crippen LogP contribution in [0.3, 0.4) is 0 Å². The zero-order valence-electron chi connectivity index (χ0n) is 19.3. The molecule has 32 heavy (non-hydrogen) atoms. The smallest absolute Gasteiger partial charge is 0.327 e. The van der Waals surface area contributed by atoms with E-state index in [4.69, 9.17) is 4.74 Å². The Morgan fingerprint density at radius 2 is 1.91 bits per heavy atom. The number of anilines is 1. The second-order valence-corrected chi connectivity index (χ2v) is 9.17. The van der Waals surface area contributed by atoms with Crippen molar-refractivity contribution in [2.45, 2.75) is 71.7 Å². The SMILES string of the molecule is CC(C)[C@H](NC(=O)[C@H](C)NCC(=O)OC(C)(C)C)C(=O)N1c2ncccc2C[C@@H]1C(=O)O. The average molecular weight is 449 g/mol. The van der Waals surface area contributed by atoms with E-state index in [1.54, 1.807) is 53.7 Å². The van der Waals surface area contributed by atoms with E-state index in [0.29, 0.717) is 11.4 Å². The van der Waals surface area contributed by atoms with Gasteiger partial charge >= 0.3 is 11.9 Å². The number of nitrogens with zero attached hydrogens (tertiary/aromatic N) is 2. The van der Waals surface area contributed by atoms with Crippen LogP contribution in [0.2, 0.25) is 0 Å². The molecule has 1 aromatic heterocycles. The largest absolute Gasteiger partial charge is 0.480 e. The molecule has 0 radical (unpaired) electrons. The van der Waals surface area contributed by atoms with Crippen molar-refractivity contribution < 1.29 is 29.0 Å². The average Bonchev–Trinajstić information content (AvgIpc) is 3.08. The lowest BCUT2D eigenvalue weighted by molar-refractivity contribution is -0.153. The van der Waals surface area contributed by atoms with Gasteiger partial charge in [-0.3, -0.25) is 24.6 Å². The monoisotopic (exact) mass is 448 g/mol. The molecule has 0 saturated carbocycles. The standard InChI is InChI=1S/C22H32N4O6/c1-12(2)17(25-19(28)13(3)24-11-16(27)32-22(4,5)6)20(29)26-15(21(30)31)10-14-8-7-9-23-18(14)26/h7-9,12-13,15,17,24H,10-11H2,1-6H3,(H,25,28)(H,30,31)/t13-,15+,17-/m0/s1. The van der Waals surface area contributed by atoms with E-state index in [1.807, 2.05) is 0 Å². The van der Waals surface area contributed by atoms with Gasteiger partial charge in [0.25, 0.3) is 5.91 Å². The molecule has 10 nitrogen and oxygen atoms in total. The van der Waals surface area contributed by atoms with Crippen LogP contribution in [-0.2, 0) is 30.3 Å². The molecular weight excluding hydrogens is 416 g/mol. The number of aliphatic carboxylic acids is 1. The number of nitrogens with one attached hydrogen (secondary N) is 2. The first-order chi connectivity index (χ1) is 14.8. The van der Waals surface area contributed by atoms with Gasteiger partial charge in [-0.15, -0.1) is 0 Å². The van der Waals surface area contributed by atoms with Crippen molar-refractivity contribution in [3.05, 3.63) is 23.9 Å². The van der Waals surface area contributed by atoms with Gasteiger partial charge in [-0.05, 0) is 45.2 Å². The second-order valence-electron chi connectivity index (χ2n) is 9.17. The number of carbonyl (C=O) groups excluding carboxylic acids is 3. The Morgan fingerprint density at radius 1 is 1.25 bits per heavy atom. The number of fused-ring (bicyclic) bond motifs is 1. The predicted molar refractivity (Wildman–Crippen MR) is 117 cm³/mol. The van der Waals surface area contributed by atoms with Gasteiger partial charge in [-0.25, -0.2) is 9.78 Å². The molecule has 0 saturated heterocycles. The Bertz CT molecular complexity index is 879. The van der Waals surface area contributed by atoms with Crippen LogP contribution in [0.1, 0.15) is 47.1 Å². The molecule has 1 aliphatic rings. The first-order valence-corrected chi connectivity index (χ1v) is 10.6. The summed E-state index contributed by atoms with van der Waals surface area (Å²) >= 11 is 0. The molecular formula is C22H32N4O6. The molecule has 0 unspecified atom stereocenters. The summed E-state index contributed by atoms with van der Waals surface area (Å²) in [7, 11) is 0. The minimum absolute atomic E-state index is 0.150. The van der Waals surface area contributed by atoms with Crippen molar-refractivity contribution in [3.8, 4) is 0 Å². The van der Waals surface area contributed by atoms with E-state index in [1.165, 1.54) is 6.20 Å². The van der Waals surface area contributed by atoms with Gasteiger partial charge < -0.3 is 15.2 Å². The summed E-state index contributed by atoms with van der Waals surface area (Å²) in [4.78, 5) is 55.1. The summed E-state index contributed by atoms with van der Waals surface area (Å²) in [6.45, 7) is 10.1. The Hall–Kier alpha value is -3.01. The van der Waals surface area contributed by atoms with Gasteiger partial charge in [0.15, 0.2) is 0 Å². The summed E-state index contributed by atoms with van der Waals surface area (Å²) in [6, 6.07) is 0.579. The minimum Gasteiger partial charge on any atom is -0.480 e. The number of pyridine rings is 1. The van der Waals surface area contributed by atoms with Crippen LogP contribution in [-0.4, -0.2) is 64.1 Å². The van der Waals surface area contributed by atoms with Crippen molar-refractivity contribution in [2.24, 2.45) is 5.92 Å². The number of carboxylic acid groups (broad SMARTS) is 1. The number of esters is 1. The Kier molecular flexibility index (Phi) is 7.95. The molecule has 176 valence electrons. The van der Waals surface area contributed by atoms with Crippen LogP contribution in [0.4, 0.5) is 5.82 Å². The normalized spacial score (nSPS) is 17.5. The van der Waals surface area contributed by atoms with Gasteiger partial charge in [-0.2, -0.15) is 0 Å². The molecule has 0 aromatic carbocycles. The number of amides is 2. The summed E-state index contributed by atoms with van der Waals surface area (Å²) < 4.78 is 5.20. The Labute approximate surface area is 187 Å². The number of hydrogen-bond donors (Lipinski definition) is 3. The fourth-order valence-corrected chi connectivity index (χ4v) is 3.36. The lowest BCUT2D eigenvalue weighted by Crippen LogP contribution is -2.57. The highest BCUT2D eigenvalue weighted by Gasteiger charge is 2.43. The summed E-state index contributed by atoms with van der Waals surface area (Å²) in [5.74, 6) is -2.70. The molecule has 1 aliphatic heterocycles. The molecule has 1 aromatic rings. The van der Waals surface area contributed by atoms with Gasteiger partial charge in [-0.1, -0.05) is 19.9 Å². The number of aromatic nitrogens is 1. The lowest BCUT2D eigenvalue weighted by atomic mass is 10.0. The van der Waals surface area contributed by atoms with Crippen molar-refractivity contribution >= 4 is 29.6 Å². The molecule has 0 spiro atoms. The first-order valence-electron chi connectivity index (χ1n) is 10.6. The van der Waals surface area contributed by atoms with Gasteiger partial charge in [0.1, 0.15) is 23.5 Å². The fraction of sp³-hybridized carbons (Fsp3) is 0.591. The molecule has 0 fully saturated rings. The number of hydrogen-bond acceptors (Lipinski definition) is 7. The lowest BCUT2D eigenvalue weighted by Gasteiger charge is -2.30. The summed E-state index contributed by atoms with van der Waals surface area (Å²) in [6.07, 6.45) is 1.64. The second kappa shape index (κ2) is 10.1. The van der Waals surface area contributed by atoms with Crippen LogP contribution < -0.4 is 15.5 Å². The van der Waals surface area contributed by atoms with Gasteiger partial charge in [0, 0.05) is 12.6 Å². The van der Waals surface area contributed by atoms with E-state index >= 15 is 0 Å². The maximum atomic E-state index is 13.4. The highest BCUT2D eigenvalue weighted by Crippen LogP contribution is 2.31. The third-order valence-electron chi connectivity index (χ3n) is 4.94. The molecule has 2 rings (SSSR count). The van der Waals surface area contributed by atoms with E-state index in [9.17, 15) is 24.3 Å². The maximum absolute atomic E-state index is 13.4. The number of carboxylic acids is 1. The minimum atomic E-state index is -1.14. The summed E-state index contributed by atoms with van der Waals surface area (Å²) in [5.41, 5.74) is 0.0228. The zero-order valence-corrected chi connectivity index (χ0v) is 19.3. The Morgan fingerprint density at radius 3 is 2.47 bits per heavy atom. The molecule has 0 aliphatic carbocycles. The van der Waals surface area contributed by atoms with Crippen LogP contribution in [0.15, 0.2) is 18.3 Å². The highest BCUT2D eigenvalue weighted by atomic mass is 16.6. The molecule has 3 N–H and O–H groups in total. The zero-order chi connectivity index (χ0) is 24.2. The summed E-state index contributed by atoms with van der Waals surface area (Å²) in [5, 5.41) is 15.1. The third kappa shape index (κ3) is 6.25. The van der Waals surface area contributed by atoms with E-state index < -0.39 is 47.5 Å². The maximum Gasteiger partial charge on any atom is 0.327 e. The molecule has 10 heteroatoms. The van der Waals surface area contributed by atoms with Crippen molar-refractivity contribution in [1.82, 2.24) is 15.6 Å². The number of carbonyl (C=O) groups is 4. The van der Waals surface area contributed by atoms with Crippen molar-refractivity contribution in [1.29, 1.82) is 0 Å². The van der Waals surface area contributed by atoms with Crippen LogP contribution >= 0.6 is 0 Å². The molecule has 0 bridgehead atoms. The fourth-order valence-electron chi connectivity index (χ4n) is 3.36. The van der Waals surface area contributed by atoms with Crippen LogP contribution in [0.5, 0.6) is 0 Å². The number of rotatable bonds is 8. The van der Waals surface area contributed by atoms with E-state index in [2.05, 4.69) is 15.6 Å². The Balaban J connectivity index is 2.11. The quantitative estimate of drug-likeness (QED) is 0.499. The topological polar surface area (TPSA) is 138 Å². The first kappa shape index (κ1) is 25.3. The van der Waals surface area contributed by atoms with Crippen molar-refractivity contribution in [3.63, 3.8) is 0 Å². The van der Waals surface area contributed by atoms with Gasteiger partial charge in [0.2, 0.25) is 5.91 Å².